The Kier molecular flexibility index (Phi) is 2.99. The van der Waals surface area contributed by atoms with Gasteiger partial charge in [0.2, 0.25) is 0 Å². The van der Waals surface area contributed by atoms with Crippen molar-refractivity contribution in [3.8, 4) is 17.6 Å². The van der Waals surface area contributed by atoms with Gasteiger partial charge >= 0.3 is 0 Å². The molecule has 132 valence electrons. The third-order valence-corrected chi connectivity index (χ3v) is 4.51. The Morgan fingerprint density at radius 3 is 2.56 bits per heavy atom. The molecule has 0 amide bonds. The molecule has 0 N–H and O–H groups in total. The lowest BCUT2D eigenvalue weighted by Gasteiger charge is -2.10. The van der Waals surface area contributed by atoms with Gasteiger partial charge in [-0.15, -0.1) is 0 Å². The van der Waals surface area contributed by atoms with Crippen molar-refractivity contribution in [3.63, 3.8) is 0 Å². The van der Waals surface area contributed by atoms with Gasteiger partial charge in [-0.25, -0.2) is 8.42 Å². The van der Waals surface area contributed by atoms with Crippen LogP contribution in [0.4, 0.5) is 0 Å². The quantitative estimate of drug-likeness (QED) is 0.812. The largest absolute Gasteiger partial charge is 0.453 e. The maximum absolute atomic E-state index is 12.4. The summed E-state index contributed by atoms with van der Waals surface area (Å²) in [5.41, 5.74) is 2.38. The molecule has 1 aromatic carbocycles. The normalized spacial score (nSPS) is 18.4. The highest BCUT2D eigenvalue weighted by molar-refractivity contribution is 7.89. The van der Waals surface area contributed by atoms with Gasteiger partial charge in [-0.1, -0.05) is 0 Å². The molecule has 2 aromatic rings. The van der Waals surface area contributed by atoms with Gasteiger partial charge in [-0.2, -0.15) is 10.4 Å². The van der Waals surface area contributed by atoms with Crippen LogP contribution < -0.4 is 4.74 Å². The molecule has 3 rings (SSSR count). The van der Waals surface area contributed by atoms with Crippen LogP contribution >= 0.6 is 0 Å². The predicted molar refractivity (Wildman–Crippen MR) is 94.5 cm³/mol. The van der Waals surface area contributed by atoms with Crippen LogP contribution in [-0.2, 0) is 15.7 Å². The molecule has 7 heteroatoms. The highest BCUT2D eigenvalue weighted by Gasteiger charge is 2.32. The van der Waals surface area contributed by atoms with Crippen molar-refractivity contribution in [2.24, 2.45) is 0 Å². The summed E-state index contributed by atoms with van der Waals surface area (Å²) in [7, 11) is -5.21. The standard InChI is InChI=1S/C18H21N3O3S/c1-11-7-15(8-12(2)16(11)9-19)24-18-13(3)21(10-25(4,22)23)20-17(18)14-5-6-14/h7-8,14H,5-6,10H2,1-4H3/i4D3,10D2. The Hall–Kier alpha value is -2.33. The van der Waals surface area contributed by atoms with E-state index in [0.717, 1.165) is 12.8 Å². The van der Waals surface area contributed by atoms with Crippen molar-refractivity contribution >= 4 is 9.84 Å². The lowest BCUT2D eigenvalue weighted by molar-refractivity contribution is 0.470. The molecule has 1 aliphatic rings. The first kappa shape index (κ1) is 12.1. The van der Waals surface area contributed by atoms with E-state index in [4.69, 9.17) is 11.6 Å². The highest BCUT2D eigenvalue weighted by Crippen LogP contribution is 2.46. The maximum atomic E-state index is 12.4. The van der Waals surface area contributed by atoms with E-state index in [1.54, 1.807) is 26.0 Å². The number of nitrogens with zero attached hydrogens (tertiary/aromatic N) is 3. The molecule has 1 aliphatic carbocycles. The number of nitriles is 1. The Morgan fingerprint density at radius 1 is 1.40 bits per heavy atom. The maximum Gasteiger partial charge on any atom is 0.171 e. The molecule has 0 aliphatic heterocycles. The second-order valence-corrected chi connectivity index (χ2v) is 7.42. The van der Waals surface area contributed by atoms with E-state index in [1.807, 2.05) is 0 Å². The first-order chi connectivity index (χ1) is 13.7. The molecule has 0 radical (unpaired) electrons. The number of rotatable bonds is 5. The Morgan fingerprint density at radius 2 is 2.04 bits per heavy atom. The molecule has 25 heavy (non-hydrogen) atoms. The van der Waals surface area contributed by atoms with Crippen LogP contribution in [0, 0.1) is 32.1 Å². The van der Waals surface area contributed by atoms with Crippen molar-refractivity contribution in [2.45, 2.75) is 45.4 Å². The van der Waals surface area contributed by atoms with Gasteiger partial charge in [-0.3, -0.25) is 4.68 Å². The molecule has 0 spiro atoms. The summed E-state index contributed by atoms with van der Waals surface area (Å²) in [5.74, 6) is -2.71. The Balaban J connectivity index is 2.12. The molecule has 1 heterocycles. The van der Waals surface area contributed by atoms with Gasteiger partial charge in [-0.05, 0) is 56.9 Å². The number of aromatic nitrogens is 2. The van der Waals surface area contributed by atoms with Gasteiger partial charge in [0.05, 0.1) is 20.1 Å². The molecule has 0 atom stereocenters. The van der Waals surface area contributed by atoms with Crippen LogP contribution in [0.2, 0.25) is 0 Å². The molecule has 0 bridgehead atoms. The first-order valence-electron chi connectivity index (χ1n) is 10.3. The summed E-state index contributed by atoms with van der Waals surface area (Å²) in [5, 5.41) is 13.4. The lowest BCUT2D eigenvalue weighted by Crippen LogP contribution is -2.11. The monoisotopic (exact) mass is 364 g/mol. The summed E-state index contributed by atoms with van der Waals surface area (Å²) in [6.45, 7) is 4.96. The Bertz CT molecular complexity index is 1140. The molecule has 1 fully saturated rings. The zero-order valence-electron chi connectivity index (χ0n) is 19.1. The molecule has 0 unspecified atom stereocenters. The van der Waals surface area contributed by atoms with E-state index in [9.17, 15) is 13.7 Å². The third kappa shape index (κ3) is 3.69. The Labute approximate surface area is 155 Å². The molecule has 0 saturated heterocycles. The number of hydrogen-bond donors (Lipinski definition) is 0. The van der Waals surface area contributed by atoms with Crippen LogP contribution in [0.3, 0.4) is 0 Å². The predicted octanol–water partition coefficient (Wildman–Crippen LogP) is 3.35. The van der Waals surface area contributed by atoms with E-state index in [0.29, 0.717) is 32.8 Å². The van der Waals surface area contributed by atoms with E-state index in [1.165, 1.54) is 6.92 Å². The minimum Gasteiger partial charge on any atom is -0.453 e. The van der Waals surface area contributed by atoms with Crippen LogP contribution in [0.25, 0.3) is 0 Å². The number of hydrogen-bond acceptors (Lipinski definition) is 5. The first-order valence-corrected chi connectivity index (χ1v) is 9.24. The fourth-order valence-corrected chi connectivity index (χ4v) is 3.14. The van der Waals surface area contributed by atoms with Crippen LogP contribution in [-0.4, -0.2) is 24.4 Å². The van der Waals surface area contributed by atoms with Crippen LogP contribution in [0.5, 0.6) is 11.5 Å². The van der Waals surface area contributed by atoms with Gasteiger partial charge < -0.3 is 4.74 Å². The average molecular weight is 364 g/mol. The fraction of sp³-hybridized carbons (Fsp3) is 0.444. The van der Waals surface area contributed by atoms with Gasteiger partial charge in [0, 0.05) is 16.2 Å². The summed E-state index contributed by atoms with van der Waals surface area (Å²) in [6, 6.07) is 5.44. The summed E-state index contributed by atoms with van der Waals surface area (Å²) in [4.78, 5) is 0. The molecular weight excluding hydrogens is 338 g/mol. The fourth-order valence-electron chi connectivity index (χ4n) is 2.74. The SMILES string of the molecule is [2H]C([2H])([2H])S(=O)(=O)C([2H])([2H])n1nc(C2CC2)c(Oc2cc(C)c(C#N)c(C)c2)c1C. The van der Waals surface area contributed by atoms with Crippen molar-refractivity contribution in [1.29, 1.82) is 5.26 Å². The van der Waals surface area contributed by atoms with Gasteiger partial charge in [0.1, 0.15) is 17.3 Å². The smallest absolute Gasteiger partial charge is 0.171 e. The minimum atomic E-state index is -5.21. The zero-order valence-corrected chi connectivity index (χ0v) is 14.9. The van der Waals surface area contributed by atoms with E-state index < -0.39 is 21.9 Å². The second kappa shape index (κ2) is 6.19. The van der Waals surface area contributed by atoms with Crippen molar-refractivity contribution in [3.05, 3.63) is 40.2 Å². The van der Waals surface area contributed by atoms with Crippen molar-refractivity contribution in [1.82, 2.24) is 9.78 Å². The second-order valence-electron chi connectivity index (χ2n) is 6.23. The van der Waals surface area contributed by atoms with Crippen LogP contribution in [0.1, 0.15) is 53.7 Å². The zero-order chi connectivity index (χ0) is 22.6. The third-order valence-electron chi connectivity index (χ3n) is 4.10. The van der Waals surface area contributed by atoms with E-state index >= 15 is 0 Å². The van der Waals surface area contributed by atoms with Gasteiger partial charge in [0.15, 0.2) is 15.6 Å². The molecular formula is C18H21N3O3S. The van der Waals surface area contributed by atoms with E-state index in [2.05, 4.69) is 11.2 Å². The molecule has 1 aromatic heterocycles. The number of ether oxygens (including phenoxy) is 1. The summed E-state index contributed by atoms with van der Waals surface area (Å²) >= 11 is 0. The summed E-state index contributed by atoms with van der Waals surface area (Å²) in [6.07, 6.45) is -1.97. The van der Waals surface area contributed by atoms with Crippen LogP contribution in [0.15, 0.2) is 12.1 Å². The number of sulfone groups is 1. The highest BCUT2D eigenvalue weighted by atomic mass is 32.2. The number of aryl methyl sites for hydroxylation is 2. The lowest BCUT2D eigenvalue weighted by atomic mass is 10.0. The van der Waals surface area contributed by atoms with Gasteiger partial charge in [0.25, 0.3) is 0 Å². The van der Waals surface area contributed by atoms with Crippen molar-refractivity contribution in [2.75, 3.05) is 6.18 Å². The van der Waals surface area contributed by atoms with E-state index in [-0.39, 0.29) is 17.4 Å². The average Bonchev–Trinajstić information content (AvgIpc) is 3.39. The number of benzene rings is 1. The minimum absolute atomic E-state index is 0.0215. The summed E-state index contributed by atoms with van der Waals surface area (Å²) < 4.78 is 69.2. The molecule has 1 saturated carbocycles. The van der Waals surface area contributed by atoms with Crippen molar-refractivity contribution < 1.29 is 20.0 Å². The molecule has 6 nitrogen and oxygen atoms in total. The topological polar surface area (TPSA) is 85.0 Å².